The highest BCUT2D eigenvalue weighted by atomic mass is 19.1. The van der Waals surface area contributed by atoms with Crippen LogP contribution in [0.1, 0.15) is 15.9 Å². The van der Waals surface area contributed by atoms with Gasteiger partial charge in [-0.2, -0.15) is 5.10 Å². The van der Waals surface area contributed by atoms with Crippen LogP contribution in [0.5, 0.6) is 0 Å². The van der Waals surface area contributed by atoms with E-state index in [0.29, 0.717) is 18.5 Å². The van der Waals surface area contributed by atoms with Crippen molar-refractivity contribution in [2.45, 2.75) is 6.42 Å². The maximum absolute atomic E-state index is 13.1. The molecule has 0 saturated heterocycles. The molecule has 1 N–H and O–H groups in total. The lowest BCUT2D eigenvalue weighted by Crippen LogP contribution is -2.25. The highest BCUT2D eigenvalue weighted by Crippen LogP contribution is 2.09. The molecule has 0 aliphatic carbocycles. The van der Waals surface area contributed by atoms with E-state index in [4.69, 9.17) is 0 Å². The minimum absolute atomic E-state index is 0.145. The zero-order valence-corrected chi connectivity index (χ0v) is 12.4. The summed E-state index contributed by atoms with van der Waals surface area (Å²) in [6, 6.07) is 15.4. The van der Waals surface area contributed by atoms with Crippen LogP contribution in [0.3, 0.4) is 0 Å². The molecule has 0 aliphatic rings. The summed E-state index contributed by atoms with van der Waals surface area (Å²) in [4.78, 5) is 12.1. The van der Waals surface area contributed by atoms with Crippen molar-refractivity contribution in [2.24, 2.45) is 0 Å². The normalized spacial score (nSPS) is 10.5. The SMILES string of the molecule is O=C(NCCc1cccc(F)c1)c1ccc(-n2cccn2)cc1. The molecule has 2 aromatic carbocycles. The van der Waals surface area contributed by atoms with E-state index in [1.54, 1.807) is 29.1 Å². The van der Waals surface area contributed by atoms with Gasteiger partial charge in [0, 0.05) is 24.5 Å². The lowest BCUT2D eigenvalue weighted by Gasteiger charge is -2.07. The molecule has 0 aliphatic heterocycles. The second-order valence-corrected chi connectivity index (χ2v) is 5.13. The van der Waals surface area contributed by atoms with Crippen LogP contribution in [0.4, 0.5) is 4.39 Å². The van der Waals surface area contributed by atoms with Crippen LogP contribution in [-0.2, 0) is 6.42 Å². The topological polar surface area (TPSA) is 46.9 Å². The third-order valence-electron chi connectivity index (χ3n) is 3.49. The molecule has 0 atom stereocenters. The molecule has 0 saturated carbocycles. The minimum Gasteiger partial charge on any atom is -0.352 e. The number of carbonyl (C=O) groups is 1. The maximum Gasteiger partial charge on any atom is 0.251 e. The number of nitrogens with zero attached hydrogens (tertiary/aromatic N) is 2. The minimum atomic E-state index is -0.261. The molecule has 116 valence electrons. The number of nitrogens with one attached hydrogen (secondary N) is 1. The van der Waals surface area contributed by atoms with E-state index < -0.39 is 0 Å². The highest BCUT2D eigenvalue weighted by molar-refractivity contribution is 5.94. The maximum atomic E-state index is 13.1. The average Bonchev–Trinajstić information content (AvgIpc) is 3.09. The first-order valence-corrected chi connectivity index (χ1v) is 7.35. The monoisotopic (exact) mass is 309 g/mol. The van der Waals surface area contributed by atoms with Crippen LogP contribution in [0.15, 0.2) is 67.0 Å². The number of carbonyl (C=O) groups excluding carboxylic acids is 1. The number of hydrogen-bond acceptors (Lipinski definition) is 2. The Hall–Kier alpha value is -2.95. The summed E-state index contributed by atoms with van der Waals surface area (Å²) < 4.78 is 14.8. The van der Waals surface area contributed by atoms with Crippen molar-refractivity contribution in [1.29, 1.82) is 0 Å². The lowest BCUT2D eigenvalue weighted by atomic mass is 10.1. The Morgan fingerprint density at radius 1 is 1.13 bits per heavy atom. The number of aromatic nitrogens is 2. The summed E-state index contributed by atoms with van der Waals surface area (Å²) >= 11 is 0. The Balaban J connectivity index is 1.56. The summed E-state index contributed by atoms with van der Waals surface area (Å²) in [6.07, 6.45) is 4.13. The fraction of sp³-hybridized carbons (Fsp3) is 0.111. The first-order chi connectivity index (χ1) is 11.2. The van der Waals surface area contributed by atoms with Crippen LogP contribution < -0.4 is 5.32 Å². The van der Waals surface area contributed by atoms with Crippen LogP contribution in [-0.4, -0.2) is 22.2 Å². The molecule has 0 fully saturated rings. The third-order valence-corrected chi connectivity index (χ3v) is 3.49. The molecule has 4 nitrogen and oxygen atoms in total. The van der Waals surface area contributed by atoms with Crippen molar-refractivity contribution < 1.29 is 9.18 Å². The fourth-order valence-electron chi connectivity index (χ4n) is 2.30. The van der Waals surface area contributed by atoms with Gasteiger partial charge < -0.3 is 5.32 Å². The Labute approximate surface area is 133 Å². The van der Waals surface area contributed by atoms with Crippen LogP contribution >= 0.6 is 0 Å². The van der Waals surface area contributed by atoms with Crippen LogP contribution in [0.25, 0.3) is 5.69 Å². The van der Waals surface area contributed by atoms with E-state index in [1.807, 2.05) is 30.5 Å². The second kappa shape index (κ2) is 6.87. The number of halogens is 1. The summed E-state index contributed by atoms with van der Waals surface area (Å²) in [7, 11) is 0. The summed E-state index contributed by atoms with van der Waals surface area (Å²) in [6.45, 7) is 0.462. The van der Waals surface area contributed by atoms with Crippen LogP contribution in [0.2, 0.25) is 0 Å². The molecule has 0 unspecified atom stereocenters. The van der Waals surface area contributed by atoms with E-state index in [-0.39, 0.29) is 11.7 Å². The Morgan fingerprint density at radius 3 is 2.65 bits per heavy atom. The molecule has 5 heteroatoms. The molecule has 1 amide bonds. The number of hydrogen-bond donors (Lipinski definition) is 1. The second-order valence-electron chi connectivity index (χ2n) is 5.13. The smallest absolute Gasteiger partial charge is 0.251 e. The third kappa shape index (κ3) is 3.83. The quantitative estimate of drug-likeness (QED) is 0.787. The first kappa shape index (κ1) is 15.0. The molecule has 3 aromatic rings. The first-order valence-electron chi connectivity index (χ1n) is 7.35. The summed E-state index contributed by atoms with van der Waals surface area (Å²) in [5, 5.41) is 6.97. The van der Waals surface area contributed by atoms with Gasteiger partial charge in [-0.3, -0.25) is 4.79 Å². The van der Waals surface area contributed by atoms with Crippen molar-refractivity contribution >= 4 is 5.91 Å². The average molecular weight is 309 g/mol. The van der Waals surface area contributed by atoms with Gasteiger partial charge in [0.25, 0.3) is 5.91 Å². The zero-order chi connectivity index (χ0) is 16.1. The molecule has 1 aromatic heterocycles. The van der Waals surface area contributed by atoms with Gasteiger partial charge in [0.15, 0.2) is 0 Å². The van der Waals surface area contributed by atoms with Gasteiger partial charge in [-0.15, -0.1) is 0 Å². The predicted octanol–water partition coefficient (Wildman–Crippen LogP) is 2.98. The van der Waals surface area contributed by atoms with E-state index in [9.17, 15) is 9.18 Å². The molecular weight excluding hydrogens is 293 g/mol. The molecule has 23 heavy (non-hydrogen) atoms. The van der Waals surface area contributed by atoms with Crippen molar-refractivity contribution in [3.8, 4) is 5.69 Å². The number of rotatable bonds is 5. The predicted molar refractivity (Wildman–Crippen MR) is 86.0 cm³/mol. The molecule has 3 rings (SSSR count). The highest BCUT2D eigenvalue weighted by Gasteiger charge is 2.05. The van der Waals surface area contributed by atoms with E-state index in [1.165, 1.54) is 12.1 Å². The van der Waals surface area contributed by atoms with Gasteiger partial charge in [-0.05, 0) is 54.4 Å². The molecule has 0 bridgehead atoms. The molecular formula is C18H16FN3O. The lowest BCUT2D eigenvalue weighted by molar-refractivity contribution is 0.0954. The van der Waals surface area contributed by atoms with Gasteiger partial charge in [0.05, 0.1) is 5.69 Å². The van der Waals surface area contributed by atoms with Crippen molar-refractivity contribution in [2.75, 3.05) is 6.54 Å². The molecule has 0 spiro atoms. The summed E-state index contributed by atoms with van der Waals surface area (Å²) in [5.41, 5.74) is 2.34. The van der Waals surface area contributed by atoms with E-state index in [2.05, 4.69) is 10.4 Å². The van der Waals surface area contributed by atoms with Gasteiger partial charge in [-0.25, -0.2) is 9.07 Å². The standard InChI is InChI=1S/C18H16FN3O/c19-16-4-1-3-14(13-16)9-11-20-18(23)15-5-7-17(8-6-15)22-12-2-10-21-22/h1-8,10,12-13H,9,11H2,(H,20,23). The summed E-state index contributed by atoms with van der Waals surface area (Å²) in [5.74, 6) is -0.406. The van der Waals surface area contributed by atoms with Crippen molar-refractivity contribution in [3.05, 3.63) is 83.9 Å². The van der Waals surface area contributed by atoms with Gasteiger partial charge in [-0.1, -0.05) is 12.1 Å². The van der Waals surface area contributed by atoms with Crippen molar-refractivity contribution in [1.82, 2.24) is 15.1 Å². The Morgan fingerprint density at radius 2 is 1.96 bits per heavy atom. The zero-order valence-electron chi connectivity index (χ0n) is 12.4. The van der Waals surface area contributed by atoms with Crippen molar-refractivity contribution in [3.63, 3.8) is 0 Å². The Kier molecular flexibility index (Phi) is 4.47. The largest absolute Gasteiger partial charge is 0.352 e. The van der Waals surface area contributed by atoms with Crippen LogP contribution in [0, 0.1) is 5.82 Å². The fourth-order valence-corrected chi connectivity index (χ4v) is 2.30. The molecule has 0 radical (unpaired) electrons. The van der Waals surface area contributed by atoms with E-state index >= 15 is 0 Å². The van der Waals surface area contributed by atoms with E-state index in [0.717, 1.165) is 11.3 Å². The van der Waals surface area contributed by atoms with Gasteiger partial charge in [0.2, 0.25) is 0 Å². The van der Waals surface area contributed by atoms with Gasteiger partial charge in [0.1, 0.15) is 5.82 Å². The molecule has 1 heterocycles. The number of benzene rings is 2. The Bertz CT molecular complexity index is 782. The number of amides is 1. The van der Waals surface area contributed by atoms with Gasteiger partial charge >= 0.3 is 0 Å².